The number of benzene rings is 1. The van der Waals surface area contributed by atoms with Gasteiger partial charge in [-0.1, -0.05) is 11.6 Å². The number of hydrogen-bond acceptors (Lipinski definition) is 4. The van der Waals surface area contributed by atoms with Crippen molar-refractivity contribution >= 4 is 23.4 Å². The largest absolute Gasteiger partial charge is 0.495 e. The fraction of sp³-hybridized carbons (Fsp3) is 0.611. The number of halogens is 1. The molecule has 2 aliphatic heterocycles. The summed E-state index contributed by atoms with van der Waals surface area (Å²) in [7, 11) is 1.63. The molecule has 0 bridgehead atoms. The van der Waals surface area contributed by atoms with Gasteiger partial charge >= 0.3 is 6.09 Å². The van der Waals surface area contributed by atoms with Gasteiger partial charge in [0.05, 0.1) is 12.1 Å². The van der Waals surface area contributed by atoms with Crippen LogP contribution in [0.25, 0.3) is 0 Å². The quantitative estimate of drug-likeness (QED) is 0.814. The van der Waals surface area contributed by atoms with E-state index in [1.165, 1.54) is 0 Å². The van der Waals surface area contributed by atoms with Gasteiger partial charge in [0.25, 0.3) is 0 Å². The fourth-order valence-electron chi connectivity index (χ4n) is 3.52. The smallest absolute Gasteiger partial charge is 0.410 e. The van der Waals surface area contributed by atoms with Gasteiger partial charge in [0, 0.05) is 49.8 Å². The first-order chi connectivity index (χ1) is 11.3. The molecule has 132 valence electrons. The Labute approximate surface area is 148 Å². The van der Waals surface area contributed by atoms with Crippen LogP contribution >= 0.6 is 11.6 Å². The van der Waals surface area contributed by atoms with Crippen LogP contribution in [-0.2, 0) is 4.74 Å². The predicted octanol–water partition coefficient (Wildman–Crippen LogP) is 3.65. The maximum absolute atomic E-state index is 12.2. The van der Waals surface area contributed by atoms with Gasteiger partial charge in [-0.25, -0.2) is 4.79 Å². The van der Waals surface area contributed by atoms with E-state index in [4.69, 9.17) is 21.1 Å². The lowest BCUT2D eigenvalue weighted by atomic mass is 10.0. The molecule has 2 fully saturated rings. The summed E-state index contributed by atoms with van der Waals surface area (Å²) in [6.07, 6.45) is -0.198. The van der Waals surface area contributed by atoms with Crippen molar-refractivity contribution in [1.82, 2.24) is 4.90 Å². The van der Waals surface area contributed by atoms with Crippen molar-refractivity contribution in [3.05, 3.63) is 23.2 Å². The van der Waals surface area contributed by atoms with Gasteiger partial charge in [-0.3, -0.25) is 0 Å². The van der Waals surface area contributed by atoms with E-state index in [0.29, 0.717) is 22.6 Å². The number of nitrogens with zero attached hydrogens (tertiary/aromatic N) is 2. The number of likely N-dealkylation sites (tertiary alicyclic amines) is 1. The molecule has 2 heterocycles. The molecule has 1 aromatic rings. The first-order valence-corrected chi connectivity index (χ1v) is 8.71. The Morgan fingerprint density at radius 1 is 1.17 bits per heavy atom. The minimum atomic E-state index is -0.444. The number of ether oxygens (including phenoxy) is 2. The normalized spacial score (nSPS) is 23.4. The molecule has 6 heteroatoms. The second-order valence-corrected chi connectivity index (χ2v) is 8.04. The van der Waals surface area contributed by atoms with E-state index in [9.17, 15) is 4.79 Å². The van der Waals surface area contributed by atoms with Gasteiger partial charge in [-0.05, 0) is 32.9 Å². The number of methoxy groups -OCH3 is 1. The third-order valence-corrected chi connectivity index (χ3v) is 4.95. The molecule has 0 spiro atoms. The summed E-state index contributed by atoms with van der Waals surface area (Å²) in [5.74, 6) is 1.67. The lowest BCUT2D eigenvalue weighted by Gasteiger charge is -2.26. The van der Waals surface area contributed by atoms with E-state index in [-0.39, 0.29) is 6.09 Å². The van der Waals surface area contributed by atoms with Gasteiger partial charge in [0.2, 0.25) is 0 Å². The third kappa shape index (κ3) is 3.56. The van der Waals surface area contributed by atoms with E-state index in [0.717, 1.165) is 31.9 Å². The summed E-state index contributed by atoms with van der Waals surface area (Å²) in [6.45, 7) is 9.11. The van der Waals surface area contributed by atoms with Crippen LogP contribution in [0.4, 0.5) is 10.5 Å². The zero-order valence-electron chi connectivity index (χ0n) is 14.7. The summed E-state index contributed by atoms with van der Waals surface area (Å²) in [5, 5.41) is 0.622. The van der Waals surface area contributed by atoms with E-state index >= 15 is 0 Å². The Bertz CT molecular complexity index is 615. The highest BCUT2D eigenvalue weighted by Gasteiger charge is 2.42. The summed E-state index contributed by atoms with van der Waals surface area (Å²) in [4.78, 5) is 16.4. The van der Waals surface area contributed by atoms with Crippen molar-refractivity contribution in [2.45, 2.75) is 26.4 Å². The van der Waals surface area contributed by atoms with Crippen molar-refractivity contribution in [2.24, 2.45) is 11.8 Å². The topological polar surface area (TPSA) is 42.0 Å². The van der Waals surface area contributed by atoms with Gasteiger partial charge in [-0.2, -0.15) is 0 Å². The second kappa shape index (κ2) is 6.36. The standard InChI is InChI=1S/C18H25ClN2O3/c1-18(2,3)24-17(22)21-10-12-8-20(9-13(12)11-21)14-5-6-15(19)16(7-14)23-4/h5-7,12-13H,8-11H2,1-4H3/t12-,13?/m1/s1. The van der Waals surface area contributed by atoms with Crippen LogP contribution in [0.15, 0.2) is 18.2 Å². The molecule has 0 aromatic heterocycles. The van der Waals surface area contributed by atoms with Crippen molar-refractivity contribution in [2.75, 3.05) is 38.2 Å². The first kappa shape index (κ1) is 17.2. The average Bonchev–Trinajstić information content (AvgIpc) is 3.04. The van der Waals surface area contributed by atoms with Crippen molar-refractivity contribution in [3.63, 3.8) is 0 Å². The second-order valence-electron chi connectivity index (χ2n) is 7.63. The average molecular weight is 353 g/mol. The molecule has 1 amide bonds. The molecule has 2 aliphatic rings. The molecule has 2 saturated heterocycles. The third-order valence-electron chi connectivity index (χ3n) is 4.64. The Morgan fingerprint density at radius 3 is 2.33 bits per heavy atom. The highest BCUT2D eigenvalue weighted by Crippen LogP contribution is 2.37. The summed E-state index contributed by atoms with van der Waals surface area (Å²) < 4.78 is 10.8. The van der Waals surface area contributed by atoms with Crippen LogP contribution in [-0.4, -0.2) is 49.9 Å². The number of fused-ring (bicyclic) bond motifs is 1. The zero-order valence-corrected chi connectivity index (χ0v) is 15.5. The minimum Gasteiger partial charge on any atom is -0.495 e. The Balaban J connectivity index is 1.62. The lowest BCUT2D eigenvalue weighted by Crippen LogP contribution is -2.37. The Kier molecular flexibility index (Phi) is 4.56. The highest BCUT2D eigenvalue weighted by molar-refractivity contribution is 6.32. The molecule has 1 unspecified atom stereocenters. The molecule has 0 N–H and O–H groups in total. The molecular weight excluding hydrogens is 328 g/mol. The van der Waals surface area contributed by atoms with E-state index in [1.54, 1.807) is 7.11 Å². The van der Waals surface area contributed by atoms with Gasteiger partial charge in [0.15, 0.2) is 0 Å². The number of carbonyl (C=O) groups excluding carboxylic acids is 1. The van der Waals surface area contributed by atoms with Crippen LogP contribution < -0.4 is 9.64 Å². The van der Waals surface area contributed by atoms with Gasteiger partial charge in [-0.15, -0.1) is 0 Å². The minimum absolute atomic E-state index is 0.198. The molecule has 0 aliphatic carbocycles. The van der Waals surface area contributed by atoms with E-state index in [2.05, 4.69) is 4.90 Å². The molecule has 0 saturated carbocycles. The van der Waals surface area contributed by atoms with E-state index < -0.39 is 5.60 Å². The van der Waals surface area contributed by atoms with Crippen LogP contribution in [0, 0.1) is 11.8 Å². The maximum Gasteiger partial charge on any atom is 0.410 e. The van der Waals surface area contributed by atoms with Gasteiger partial charge < -0.3 is 19.3 Å². The van der Waals surface area contributed by atoms with E-state index in [1.807, 2.05) is 43.9 Å². The molecule has 3 rings (SSSR count). The molecule has 24 heavy (non-hydrogen) atoms. The maximum atomic E-state index is 12.2. The molecule has 0 radical (unpaired) electrons. The highest BCUT2D eigenvalue weighted by atomic mass is 35.5. The Hall–Kier alpha value is -1.62. The molecular formula is C18H25ClN2O3. The molecule has 1 aromatic carbocycles. The first-order valence-electron chi connectivity index (χ1n) is 8.33. The SMILES string of the molecule is COc1cc(N2CC3CN(C(=O)OC(C)(C)C)C[C@H]3C2)ccc1Cl. The van der Waals surface area contributed by atoms with Crippen LogP contribution in [0.3, 0.4) is 0 Å². The van der Waals surface area contributed by atoms with Crippen LogP contribution in [0.2, 0.25) is 5.02 Å². The van der Waals surface area contributed by atoms with Crippen molar-refractivity contribution in [1.29, 1.82) is 0 Å². The number of anilines is 1. The lowest BCUT2D eigenvalue weighted by molar-refractivity contribution is 0.0282. The summed E-state index contributed by atoms with van der Waals surface area (Å²) in [5.41, 5.74) is 0.676. The number of rotatable bonds is 2. The number of carbonyl (C=O) groups is 1. The monoisotopic (exact) mass is 352 g/mol. The Morgan fingerprint density at radius 2 is 1.79 bits per heavy atom. The fourth-order valence-corrected chi connectivity index (χ4v) is 3.72. The number of hydrogen-bond donors (Lipinski definition) is 0. The van der Waals surface area contributed by atoms with Crippen LogP contribution in [0.5, 0.6) is 5.75 Å². The van der Waals surface area contributed by atoms with Crippen LogP contribution in [0.1, 0.15) is 20.8 Å². The number of amides is 1. The molecule has 5 nitrogen and oxygen atoms in total. The van der Waals surface area contributed by atoms with Crippen molar-refractivity contribution in [3.8, 4) is 5.75 Å². The van der Waals surface area contributed by atoms with Crippen molar-refractivity contribution < 1.29 is 14.3 Å². The van der Waals surface area contributed by atoms with Gasteiger partial charge in [0.1, 0.15) is 11.4 Å². The summed E-state index contributed by atoms with van der Waals surface area (Å²) >= 11 is 6.10. The summed E-state index contributed by atoms with van der Waals surface area (Å²) in [6, 6.07) is 5.88. The predicted molar refractivity (Wildman–Crippen MR) is 95.0 cm³/mol. The zero-order chi connectivity index (χ0) is 17.5. The molecule has 2 atom stereocenters.